The van der Waals surface area contributed by atoms with E-state index in [2.05, 4.69) is 353 Å². The lowest BCUT2D eigenvalue weighted by Crippen LogP contribution is -2.08. The molecule has 0 bridgehead atoms. The van der Waals surface area contributed by atoms with E-state index in [1.807, 2.05) is 0 Å². The lowest BCUT2D eigenvalue weighted by molar-refractivity contribution is 0.667. The third kappa shape index (κ3) is 8.63. The van der Waals surface area contributed by atoms with Crippen molar-refractivity contribution < 1.29 is 4.42 Å². The summed E-state index contributed by atoms with van der Waals surface area (Å²) in [5.41, 5.74) is 25.2. The molecule has 0 aliphatic rings. The van der Waals surface area contributed by atoms with Crippen molar-refractivity contribution in [3.63, 3.8) is 0 Å². The summed E-state index contributed by atoms with van der Waals surface area (Å²) in [4.78, 5) is 5.08. The molecule has 0 radical (unpaired) electrons. The van der Waals surface area contributed by atoms with Gasteiger partial charge >= 0.3 is 0 Å². The Morgan fingerprint density at radius 3 is 0.781 bits per heavy atom. The maximum Gasteiger partial charge on any atom is 0.236 e. The van der Waals surface area contributed by atoms with Crippen LogP contribution in [0.25, 0.3) is 187 Å². The van der Waals surface area contributed by atoms with Gasteiger partial charge in [0.2, 0.25) is 5.69 Å². The molecule has 0 saturated carbocycles. The van der Waals surface area contributed by atoms with E-state index in [4.69, 9.17) is 9.26 Å². The number of hydrogen-bond acceptors (Lipinski definition) is 1. The summed E-state index contributed by atoms with van der Waals surface area (Å²) in [6.45, 7) is 10.3. The number of rotatable bonds is 10. The van der Waals surface area contributed by atoms with Gasteiger partial charge in [-0.2, -0.15) is 0 Å². The van der Waals surface area contributed by atoms with Gasteiger partial charge in [-0.05, 0) is 145 Å². The van der Waals surface area contributed by atoms with Gasteiger partial charge in [-0.25, -0.2) is 4.85 Å². The molecule has 446 valence electrons. The molecule has 15 aromatic carbocycles. The lowest BCUT2D eigenvalue weighted by Gasteiger charge is -2.23. The Bertz CT molecular complexity index is 6050. The summed E-state index contributed by atoms with van der Waals surface area (Å²) in [6.07, 6.45) is 0. The third-order valence-corrected chi connectivity index (χ3v) is 19.6. The van der Waals surface area contributed by atoms with Crippen molar-refractivity contribution in [1.82, 2.24) is 13.7 Å². The zero-order valence-electron chi connectivity index (χ0n) is 52.0. The highest BCUT2D eigenvalue weighted by molar-refractivity contribution is 6.25. The van der Waals surface area contributed by atoms with Crippen molar-refractivity contribution in [1.29, 1.82) is 0 Å². The van der Waals surface area contributed by atoms with Gasteiger partial charge in [0.1, 0.15) is 11.3 Å². The minimum atomic E-state index is 0.471. The maximum atomic E-state index is 10.3. The van der Waals surface area contributed by atoms with Gasteiger partial charge in [0, 0.05) is 48.7 Å². The average Bonchev–Trinajstić information content (AvgIpc) is 1.50. The van der Waals surface area contributed by atoms with Crippen LogP contribution in [0.2, 0.25) is 0 Å². The van der Waals surface area contributed by atoms with Gasteiger partial charge in [0.15, 0.2) is 5.58 Å². The second kappa shape index (κ2) is 22.1. The molecule has 4 heterocycles. The first-order valence-corrected chi connectivity index (χ1v) is 32.7. The van der Waals surface area contributed by atoms with Crippen molar-refractivity contribution in [3.05, 3.63) is 351 Å². The topological polar surface area (TPSA) is 32.3 Å². The van der Waals surface area contributed by atoms with Crippen LogP contribution in [0, 0.1) is 6.57 Å². The van der Waals surface area contributed by atoms with E-state index in [-0.39, 0.29) is 0 Å². The Kier molecular flexibility index (Phi) is 12.6. The Morgan fingerprint density at radius 1 is 0.219 bits per heavy atom. The van der Waals surface area contributed by atoms with Crippen LogP contribution in [0.5, 0.6) is 0 Å². The van der Waals surface area contributed by atoms with E-state index in [1.165, 1.54) is 0 Å². The van der Waals surface area contributed by atoms with E-state index in [0.29, 0.717) is 17.0 Å². The van der Waals surface area contributed by atoms with E-state index >= 15 is 0 Å². The summed E-state index contributed by atoms with van der Waals surface area (Å²) in [5.74, 6) is 0. The Labute approximate surface area is 553 Å². The van der Waals surface area contributed by atoms with Gasteiger partial charge in [0.05, 0.1) is 51.0 Å². The fourth-order valence-electron chi connectivity index (χ4n) is 15.2. The smallest absolute Gasteiger partial charge is 0.236 e. The number of aromatic nitrogens is 3. The van der Waals surface area contributed by atoms with E-state index in [9.17, 15) is 6.57 Å². The van der Waals surface area contributed by atoms with Gasteiger partial charge in [-0.3, -0.25) is 0 Å². The van der Waals surface area contributed by atoms with Crippen LogP contribution >= 0.6 is 0 Å². The first-order valence-electron chi connectivity index (χ1n) is 32.7. The molecule has 0 saturated heterocycles. The molecule has 0 amide bonds. The predicted octanol–water partition coefficient (Wildman–Crippen LogP) is 25.1. The zero-order chi connectivity index (χ0) is 63.4. The highest BCUT2D eigenvalue weighted by atomic mass is 16.3. The van der Waals surface area contributed by atoms with Gasteiger partial charge in [-0.15, -0.1) is 0 Å². The fraction of sp³-hybridized carbons (Fsp3) is 0. The van der Waals surface area contributed by atoms with Gasteiger partial charge in [0.25, 0.3) is 0 Å². The fourth-order valence-corrected chi connectivity index (χ4v) is 15.2. The molecule has 0 spiro atoms. The summed E-state index contributed by atoms with van der Waals surface area (Å²) >= 11 is 0. The molecule has 0 atom stereocenters. The van der Waals surface area contributed by atoms with Crippen LogP contribution in [0.1, 0.15) is 0 Å². The molecule has 19 rings (SSSR count). The number of fused-ring (bicyclic) bond motifs is 12. The number of nitrogens with zero attached hydrogens (tertiary/aromatic N) is 4. The quantitative estimate of drug-likeness (QED) is 0.126. The van der Waals surface area contributed by atoms with Crippen molar-refractivity contribution in [3.8, 4) is 95.0 Å². The molecule has 0 N–H and O–H groups in total. The first-order chi connectivity index (χ1) is 47.6. The molecule has 0 aliphatic heterocycles. The van der Waals surface area contributed by atoms with Crippen LogP contribution in [-0.4, -0.2) is 13.7 Å². The SMILES string of the molecule is [C-]#[N+]c1c(-n2c3ccc(-c4ccccc4)cc3c3cc(-c4ccccc4)ccc32)c(-n2c3ccc(-c4ccccc4)cc3c3cc(-c4ccccc4)ccc32)c2oc3c(-c4ccccc4)cccc3c2c1-n1c2ccc(-c3ccccc3)cc2c2cc(-c3ccccc3)ccc21. The molecule has 19 aromatic rings. The van der Waals surface area contributed by atoms with E-state index < -0.39 is 0 Å². The molecule has 0 fully saturated rings. The van der Waals surface area contributed by atoms with Gasteiger partial charge in [-0.1, -0.05) is 267 Å². The molecular formula is C91H56N4O. The molecule has 4 aromatic heterocycles. The largest absolute Gasteiger partial charge is 0.453 e. The second-order valence-corrected chi connectivity index (χ2v) is 25.0. The minimum absolute atomic E-state index is 0.471. The molecule has 96 heavy (non-hydrogen) atoms. The number of benzene rings is 15. The molecule has 5 heteroatoms. The number of hydrogen-bond donors (Lipinski definition) is 0. The average molecular weight is 1220 g/mol. The van der Waals surface area contributed by atoms with Crippen LogP contribution in [-0.2, 0) is 0 Å². The third-order valence-electron chi connectivity index (χ3n) is 19.6. The molecule has 0 aliphatic carbocycles. The summed E-state index contributed by atoms with van der Waals surface area (Å²) in [6, 6.07) is 122. The van der Waals surface area contributed by atoms with Crippen molar-refractivity contribution in [2.24, 2.45) is 0 Å². The van der Waals surface area contributed by atoms with Crippen molar-refractivity contribution >= 4 is 93.0 Å². The summed E-state index contributed by atoms with van der Waals surface area (Å²) in [7, 11) is 0. The zero-order valence-corrected chi connectivity index (χ0v) is 52.0. The first kappa shape index (κ1) is 54.7. The maximum absolute atomic E-state index is 10.3. The Morgan fingerprint density at radius 2 is 0.490 bits per heavy atom. The van der Waals surface area contributed by atoms with Crippen LogP contribution < -0.4 is 0 Å². The summed E-state index contributed by atoms with van der Waals surface area (Å²) in [5, 5.41) is 8.14. The monoisotopic (exact) mass is 1220 g/mol. The Balaban J connectivity index is 1.04. The highest BCUT2D eigenvalue weighted by Gasteiger charge is 2.34. The van der Waals surface area contributed by atoms with Crippen LogP contribution in [0.15, 0.2) is 344 Å². The predicted molar refractivity (Wildman–Crippen MR) is 401 cm³/mol. The van der Waals surface area contributed by atoms with Crippen LogP contribution in [0.3, 0.4) is 0 Å². The van der Waals surface area contributed by atoms with Gasteiger partial charge < -0.3 is 18.1 Å². The van der Waals surface area contributed by atoms with E-state index in [0.717, 1.165) is 171 Å². The normalized spacial score (nSPS) is 11.7. The Hall–Kier alpha value is -13.0. The molecular weight excluding hydrogens is 1170 g/mol. The number of furan rings is 1. The molecule has 0 unspecified atom stereocenters. The summed E-state index contributed by atoms with van der Waals surface area (Å²) < 4.78 is 15.3. The highest BCUT2D eigenvalue weighted by Crippen LogP contribution is 2.55. The standard InChI is InChI=1S/C91H56N4O/c1-92-86-87(93-79-46-40-65(58-24-9-2-10-25-58)52-73(79)74-53-66(41-47-80(74)93)59-26-11-3-12-27-59)85-72-39-23-38-71(64-36-21-8-22-37-64)90(72)96-91(85)89(95-83-50-44-69(62-32-17-6-18-33-62)56-77(83)78-57-70(45-51-84(78)95)63-34-19-7-20-35-63)88(86)94-81-48-42-67(60-28-13-4-14-29-60)54-75(81)76-55-68(43-49-82(76)94)61-30-15-5-16-31-61/h2-57H. The van der Waals surface area contributed by atoms with E-state index in [1.54, 1.807) is 0 Å². The second-order valence-electron chi connectivity index (χ2n) is 25.0. The van der Waals surface area contributed by atoms with Crippen molar-refractivity contribution in [2.45, 2.75) is 0 Å². The lowest BCUT2D eigenvalue weighted by atomic mass is 10.00. The minimum Gasteiger partial charge on any atom is -0.453 e. The number of para-hydroxylation sites is 1. The van der Waals surface area contributed by atoms with Crippen molar-refractivity contribution in [2.75, 3.05) is 0 Å². The molecule has 5 nitrogen and oxygen atoms in total. The van der Waals surface area contributed by atoms with Crippen LogP contribution in [0.4, 0.5) is 5.69 Å².